The molecule has 0 atom stereocenters. The van der Waals surface area contributed by atoms with Gasteiger partial charge in [0.05, 0.1) is 11.0 Å². The highest BCUT2D eigenvalue weighted by molar-refractivity contribution is 7.10. The van der Waals surface area contributed by atoms with Crippen molar-refractivity contribution in [3.63, 3.8) is 0 Å². The molecule has 2 rings (SSSR count). The summed E-state index contributed by atoms with van der Waals surface area (Å²) in [5, 5.41) is 15.9. The van der Waals surface area contributed by atoms with E-state index in [0.29, 0.717) is 12.2 Å². The van der Waals surface area contributed by atoms with Crippen LogP contribution in [0.4, 0.5) is 15.8 Å². The number of aryl methyl sites for hydroxylation is 1. The molecule has 2 aromatic rings. The van der Waals surface area contributed by atoms with E-state index >= 15 is 0 Å². The summed E-state index contributed by atoms with van der Waals surface area (Å²) in [4.78, 5) is 11.4. The van der Waals surface area contributed by atoms with E-state index in [9.17, 15) is 14.5 Å². The molecule has 6 heteroatoms. The molecule has 0 spiro atoms. The van der Waals surface area contributed by atoms with Crippen LogP contribution in [0.5, 0.6) is 0 Å². The number of halogens is 1. The maximum absolute atomic E-state index is 13.0. The van der Waals surface area contributed by atoms with Crippen molar-refractivity contribution < 1.29 is 9.31 Å². The Balaban J connectivity index is 2.18. The molecule has 0 aliphatic carbocycles. The van der Waals surface area contributed by atoms with Gasteiger partial charge in [0, 0.05) is 11.4 Å². The molecule has 1 heterocycles. The quantitative estimate of drug-likeness (QED) is 0.666. The summed E-state index contributed by atoms with van der Waals surface area (Å²) < 4.78 is 13.0. The molecule has 0 amide bonds. The molecule has 4 nitrogen and oxygen atoms in total. The van der Waals surface area contributed by atoms with Crippen molar-refractivity contribution in [1.82, 2.24) is 0 Å². The van der Waals surface area contributed by atoms with Gasteiger partial charge in [-0.1, -0.05) is 6.92 Å². The van der Waals surface area contributed by atoms with Crippen LogP contribution in [0.15, 0.2) is 29.6 Å². The first kappa shape index (κ1) is 13.5. The van der Waals surface area contributed by atoms with E-state index in [2.05, 4.69) is 12.2 Å². The Bertz CT molecular complexity index is 598. The molecular weight excluding hydrogens is 267 g/mol. The van der Waals surface area contributed by atoms with Gasteiger partial charge in [-0.05, 0) is 35.6 Å². The average molecular weight is 280 g/mol. The predicted molar refractivity (Wildman–Crippen MR) is 74.1 cm³/mol. The lowest BCUT2D eigenvalue weighted by Crippen LogP contribution is -2.03. The first-order valence-corrected chi connectivity index (χ1v) is 6.73. The van der Waals surface area contributed by atoms with E-state index in [0.717, 1.165) is 17.4 Å². The number of benzene rings is 1. The zero-order chi connectivity index (χ0) is 13.8. The number of hydrogen-bond donors (Lipinski definition) is 1. The molecular formula is C13H13FN2O2S. The van der Waals surface area contributed by atoms with Crippen molar-refractivity contribution in [1.29, 1.82) is 0 Å². The van der Waals surface area contributed by atoms with Crippen LogP contribution in [-0.2, 0) is 13.0 Å². The number of nitro groups is 1. The van der Waals surface area contributed by atoms with Crippen LogP contribution in [0.3, 0.4) is 0 Å². The Morgan fingerprint density at radius 2 is 2.21 bits per heavy atom. The van der Waals surface area contributed by atoms with Crippen LogP contribution in [0.25, 0.3) is 0 Å². The fourth-order valence-corrected chi connectivity index (χ4v) is 2.73. The van der Waals surface area contributed by atoms with E-state index in [1.807, 2.05) is 11.4 Å². The number of rotatable bonds is 5. The molecule has 1 aromatic carbocycles. The summed E-state index contributed by atoms with van der Waals surface area (Å²) in [7, 11) is 0. The lowest BCUT2D eigenvalue weighted by Gasteiger charge is -2.07. The first-order valence-electron chi connectivity index (χ1n) is 5.85. The molecule has 0 bridgehead atoms. The van der Waals surface area contributed by atoms with Crippen LogP contribution in [0.2, 0.25) is 0 Å². The fraction of sp³-hybridized carbons (Fsp3) is 0.231. The molecule has 0 saturated heterocycles. The normalized spacial score (nSPS) is 10.4. The van der Waals surface area contributed by atoms with Gasteiger partial charge in [0.1, 0.15) is 11.5 Å². The van der Waals surface area contributed by atoms with Gasteiger partial charge in [0.2, 0.25) is 0 Å². The first-order chi connectivity index (χ1) is 9.11. The van der Waals surface area contributed by atoms with Gasteiger partial charge in [-0.2, -0.15) is 0 Å². The van der Waals surface area contributed by atoms with Crippen LogP contribution in [0, 0.1) is 15.9 Å². The van der Waals surface area contributed by atoms with Crippen molar-refractivity contribution in [2.45, 2.75) is 19.9 Å². The van der Waals surface area contributed by atoms with Crippen molar-refractivity contribution >= 4 is 22.7 Å². The third-order valence-electron chi connectivity index (χ3n) is 2.81. The van der Waals surface area contributed by atoms with Gasteiger partial charge in [-0.3, -0.25) is 10.1 Å². The van der Waals surface area contributed by atoms with E-state index in [4.69, 9.17) is 0 Å². The Morgan fingerprint density at radius 1 is 1.42 bits per heavy atom. The SMILES string of the molecule is CCc1ccsc1CNc1ccc(F)cc1[N+](=O)[O-]. The van der Waals surface area contributed by atoms with E-state index in [1.54, 1.807) is 11.3 Å². The summed E-state index contributed by atoms with van der Waals surface area (Å²) in [6.45, 7) is 2.57. The van der Waals surface area contributed by atoms with Crippen molar-refractivity contribution in [2.24, 2.45) is 0 Å². The number of nitrogens with zero attached hydrogens (tertiary/aromatic N) is 1. The minimum atomic E-state index is -0.609. The lowest BCUT2D eigenvalue weighted by atomic mass is 10.2. The van der Waals surface area contributed by atoms with Crippen molar-refractivity contribution in [3.05, 3.63) is 56.0 Å². The monoisotopic (exact) mass is 280 g/mol. The van der Waals surface area contributed by atoms with Crippen LogP contribution in [-0.4, -0.2) is 4.92 Å². The number of nitrogens with one attached hydrogen (secondary N) is 1. The Labute approximate surface area is 114 Å². The molecule has 0 aliphatic heterocycles. The second kappa shape index (κ2) is 5.79. The summed E-state index contributed by atoms with van der Waals surface area (Å²) in [6.07, 6.45) is 0.923. The molecule has 0 saturated carbocycles. The topological polar surface area (TPSA) is 55.2 Å². The second-order valence-electron chi connectivity index (χ2n) is 3.99. The smallest absolute Gasteiger partial charge is 0.295 e. The Hall–Kier alpha value is -1.95. The number of nitro benzene ring substituents is 1. The molecule has 100 valence electrons. The van der Waals surface area contributed by atoms with E-state index in [-0.39, 0.29) is 5.69 Å². The zero-order valence-electron chi connectivity index (χ0n) is 10.4. The highest BCUT2D eigenvalue weighted by Gasteiger charge is 2.15. The largest absolute Gasteiger partial charge is 0.375 e. The standard InChI is InChI=1S/C13H13FN2O2S/c1-2-9-5-6-19-13(9)8-15-11-4-3-10(14)7-12(11)16(17)18/h3-7,15H,2,8H2,1H3. The summed E-state index contributed by atoms with van der Waals surface area (Å²) in [5.74, 6) is -0.609. The second-order valence-corrected chi connectivity index (χ2v) is 5.00. The lowest BCUT2D eigenvalue weighted by molar-refractivity contribution is -0.384. The third kappa shape index (κ3) is 3.08. The highest BCUT2D eigenvalue weighted by Crippen LogP contribution is 2.26. The number of thiophene rings is 1. The van der Waals surface area contributed by atoms with Crippen LogP contribution >= 0.6 is 11.3 Å². The Morgan fingerprint density at radius 3 is 2.89 bits per heavy atom. The molecule has 0 aliphatic rings. The maximum Gasteiger partial charge on any atom is 0.295 e. The average Bonchev–Trinajstić information content (AvgIpc) is 2.84. The van der Waals surface area contributed by atoms with Crippen LogP contribution in [0.1, 0.15) is 17.4 Å². The van der Waals surface area contributed by atoms with Gasteiger partial charge < -0.3 is 5.32 Å². The molecule has 1 N–H and O–H groups in total. The van der Waals surface area contributed by atoms with Crippen molar-refractivity contribution in [2.75, 3.05) is 5.32 Å². The number of hydrogen-bond acceptors (Lipinski definition) is 4. The molecule has 0 unspecified atom stereocenters. The predicted octanol–water partition coefficient (Wildman–Crippen LogP) is 3.97. The molecule has 19 heavy (non-hydrogen) atoms. The molecule has 0 radical (unpaired) electrons. The van der Waals surface area contributed by atoms with Crippen molar-refractivity contribution in [3.8, 4) is 0 Å². The molecule has 1 aromatic heterocycles. The van der Waals surface area contributed by atoms with Gasteiger partial charge in [0.15, 0.2) is 0 Å². The van der Waals surface area contributed by atoms with E-state index in [1.165, 1.54) is 17.7 Å². The number of anilines is 1. The summed E-state index contributed by atoms with van der Waals surface area (Å²) >= 11 is 1.60. The minimum Gasteiger partial charge on any atom is -0.375 e. The molecule has 0 fully saturated rings. The zero-order valence-corrected chi connectivity index (χ0v) is 11.2. The van der Waals surface area contributed by atoms with Gasteiger partial charge in [-0.25, -0.2) is 4.39 Å². The minimum absolute atomic E-state index is 0.241. The van der Waals surface area contributed by atoms with Gasteiger partial charge in [0.25, 0.3) is 5.69 Å². The summed E-state index contributed by atoms with van der Waals surface area (Å²) in [6, 6.07) is 5.58. The van der Waals surface area contributed by atoms with Gasteiger partial charge in [-0.15, -0.1) is 11.3 Å². The van der Waals surface area contributed by atoms with Gasteiger partial charge >= 0.3 is 0 Å². The Kier molecular flexibility index (Phi) is 4.11. The third-order valence-corrected chi connectivity index (χ3v) is 3.78. The highest BCUT2D eigenvalue weighted by atomic mass is 32.1. The summed E-state index contributed by atoms with van der Waals surface area (Å²) in [5.41, 5.74) is 1.32. The fourth-order valence-electron chi connectivity index (χ4n) is 1.82. The maximum atomic E-state index is 13.0. The van der Waals surface area contributed by atoms with Crippen LogP contribution < -0.4 is 5.32 Å². The van der Waals surface area contributed by atoms with E-state index < -0.39 is 10.7 Å².